The lowest BCUT2D eigenvalue weighted by Gasteiger charge is -2.40. The largest absolute Gasteiger partial charge is 0.388 e. The van der Waals surface area contributed by atoms with Crippen molar-refractivity contribution in [1.29, 1.82) is 0 Å². The average molecular weight is 261 g/mol. The first-order valence-electron chi connectivity index (χ1n) is 7.31. The van der Waals surface area contributed by atoms with Crippen molar-refractivity contribution in [2.24, 2.45) is 11.1 Å². The molecule has 0 spiro atoms. The van der Waals surface area contributed by atoms with Crippen molar-refractivity contribution in [2.45, 2.75) is 37.7 Å². The third-order valence-electron chi connectivity index (χ3n) is 4.61. The Bertz CT molecular complexity index is 436. The molecule has 2 fully saturated rings. The average Bonchev–Trinajstić information content (AvgIpc) is 3.32. The number of hydrogen-bond donors (Lipinski definition) is 2. The Morgan fingerprint density at radius 2 is 2.26 bits per heavy atom. The summed E-state index contributed by atoms with van der Waals surface area (Å²) in [5.74, 6) is 0.712. The SMILES string of the molecule is NCC1(C(O)c2cccc(C3CC3)c2)CCCOC1. The van der Waals surface area contributed by atoms with Gasteiger partial charge in [0.1, 0.15) is 0 Å². The van der Waals surface area contributed by atoms with Crippen LogP contribution in [0.1, 0.15) is 48.8 Å². The summed E-state index contributed by atoms with van der Waals surface area (Å²) in [6, 6.07) is 8.40. The van der Waals surface area contributed by atoms with Crippen molar-refractivity contribution in [1.82, 2.24) is 0 Å². The molecule has 19 heavy (non-hydrogen) atoms. The normalized spacial score (nSPS) is 29.2. The molecule has 0 bridgehead atoms. The van der Waals surface area contributed by atoms with E-state index >= 15 is 0 Å². The van der Waals surface area contributed by atoms with Crippen LogP contribution in [0.15, 0.2) is 24.3 Å². The second kappa shape index (κ2) is 5.23. The number of rotatable bonds is 4. The lowest BCUT2D eigenvalue weighted by atomic mass is 9.74. The molecular formula is C16H23NO2. The number of aliphatic hydroxyl groups excluding tert-OH is 1. The highest BCUT2D eigenvalue weighted by atomic mass is 16.5. The molecule has 1 aliphatic heterocycles. The summed E-state index contributed by atoms with van der Waals surface area (Å²) >= 11 is 0. The predicted octanol–water partition coefficient (Wildman–Crippen LogP) is 2.35. The first-order chi connectivity index (χ1) is 9.25. The molecule has 1 heterocycles. The topological polar surface area (TPSA) is 55.5 Å². The Labute approximate surface area is 114 Å². The number of nitrogens with two attached hydrogens (primary N) is 1. The van der Waals surface area contributed by atoms with E-state index in [2.05, 4.69) is 18.2 Å². The summed E-state index contributed by atoms with van der Waals surface area (Å²) in [6.07, 6.45) is 3.97. The van der Waals surface area contributed by atoms with Gasteiger partial charge in [-0.2, -0.15) is 0 Å². The van der Waals surface area contributed by atoms with E-state index in [0.29, 0.717) is 19.1 Å². The van der Waals surface area contributed by atoms with E-state index in [9.17, 15) is 5.11 Å². The van der Waals surface area contributed by atoms with Crippen molar-refractivity contribution in [3.63, 3.8) is 0 Å². The van der Waals surface area contributed by atoms with Crippen molar-refractivity contribution >= 4 is 0 Å². The number of aliphatic hydroxyl groups is 1. The van der Waals surface area contributed by atoms with E-state index in [-0.39, 0.29) is 5.41 Å². The summed E-state index contributed by atoms with van der Waals surface area (Å²) in [4.78, 5) is 0. The van der Waals surface area contributed by atoms with Crippen LogP contribution in [0.3, 0.4) is 0 Å². The van der Waals surface area contributed by atoms with Crippen LogP contribution < -0.4 is 5.73 Å². The molecule has 104 valence electrons. The van der Waals surface area contributed by atoms with Gasteiger partial charge in [0.05, 0.1) is 12.7 Å². The van der Waals surface area contributed by atoms with Gasteiger partial charge in [0.2, 0.25) is 0 Å². The molecule has 3 N–H and O–H groups in total. The van der Waals surface area contributed by atoms with Gasteiger partial charge in [0.25, 0.3) is 0 Å². The van der Waals surface area contributed by atoms with Crippen molar-refractivity contribution in [3.8, 4) is 0 Å². The van der Waals surface area contributed by atoms with Gasteiger partial charge in [-0.1, -0.05) is 24.3 Å². The molecule has 1 aliphatic carbocycles. The molecule has 1 saturated carbocycles. The summed E-state index contributed by atoms with van der Waals surface area (Å²) in [6.45, 7) is 1.83. The first-order valence-corrected chi connectivity index (χ1v) is 7.31. The monoisotopic (exact) mass is 261 g/mol. The second-order valence-corrected chi connectivity index (χ2v) is 6.07. The van der Waals surface area contributed by atoms with Crippen LogP contribution in [0.5, 0.6) is 0 Å². The smallest absolute Gasteiger partial charge is 0.0880 e. The fraction of sp³-hybridized carbons (Fsp3) is 0.625. The number of ether oxygens (including phenoxy) is 1. The van der Waals surface area contributed by atoms with Crippen molar-refractivity contribution in [3.05, 3.63) is 35.4 Å². The van der Waals surface area contributed by atoms with E-state index in [4.69, 9.17) is 10.5 Å². The molecule has 1 aromatic rings. The summed E-state index contributed by atoms with van der Waals surface area (Å²) in [5.41, 5.74) is 8.00. The van der Waals surface area contributed by atoms with Crippen LogP contribution in [0.4, 0.5) is 0 Å². The summed E-state index contributed by atoms with van der Waals surface area (Å²) in [7, 11) is 0. The summed E-state index contributed by atoms with van der Waals surface area (Å²) < 4.78 is 5.57. The van der Waals surface area contributed by atoms with Crippen LogP contribution >= 0.6 is 0 Å². The number of hydrogen-bond acceptors (Lipinski definition) is 3. The highest BCUT2D eigenvalue weighted by Crippen LogP contribution is 2.43. The lowest BCUT2D eigenvalue weighted by molar-refractivity contribution is -0.0782. The van der Waals surface area contributed by atoms with Crippen LogP contribution in [-0.4, -0.2) is 24.9 Å². The van der Waals surface area contributed by atoms with Crippen LogP contribution in [0.25, 0.3) is 0 Å². The number of benzene rings is 1. The lowest BCUT2D eigenvalue weighted by Crippen LogP contribution is -2.43. The van der Waals surface area contributed by atoms with Gasteiger partial charge in [-0.3, -0.25) is 0 Å². The minimum Gasteiger partial charge on any atom is -0.388 e. The van der Waals surface area contributed by atoms with Crippen molar-refractivity contribution in [2.75, 3.05) is 19.8 Å². The minimum absolute atomic E-state index is 0.305. The summed E-state index contributed by atoms with van der Waals surface area (Å²) in [5, 5.41) is 10.8. The van der Waals surface area contributed by atoms with Gasteiger partial charge in [-0.05, 0) is 42.7 Å². The Hall–Kier alpha value is -0.900. The minimum atomic E-state index is -0.517. The fourth-order valence-electron chi connectivity index (χ4n) is 3.12. The van der Waals surface area contributed by atoms with Gasteiger partial charge in [-0.25, -0.2) is 0 Å². The molecular weight excluding hydrogens is 238 g/mol. The van der Waals surface area contributed by atoms with E-state index in [1.165, 1.54) is 18.4 Å². The third-order valence-corrected chi connectivity index (χ3v) is 4.61. The zero-order chi connectivity index (χ0) is 13.3. The maximum Gasteiger partial charge on any atom is 0.0880 e. The highest BCUT2D eigenvalue weighted by molar-refractivity contribution is 5.31. The maximum absolute atomic E-state index is 10.8. The van der Waals surface area contributed by atoms with Crippen LogP contribution in [0.2, 0.25) is 0 Å². The van der Waals surface area contributed by atoms with Crippen molar-refractivity contribution < 1.29 is 9.84 Å². The van der Waals surface area contributed by atoms with E-state index in [1.807, 2.05) is 6.07 Å². The quantitative estimate of drug-likeness (QED) is 0.874. The Morgan fingerprint density at radius 1 is 1.42 bits per heavy atom. The zero-order valence-electron chi connectivity index (χ0n) is 11.3. The van der Waals surface area contributed by atoms with Gasteiger partial charge in [0, 0.05) is 18.6 Å². The van der Waals surface area contributed by atoms with E-state index in [0.717, 1.165) is 25.0 Å². The van der Waals surface area contributed by atoms with Gasteiger partial charge in [0.15, 0.2) is 0 Å². The van der Waals surface area contributed by atoms with Gasteiger partial charge in [-0.15, -0.1) is 0 Å². The molecule has 2 unspecified atom stereocenters. The molecule has 2 aliphatic rings. The van der Waals surface area contributed by atoms with Gasteiger partial charge >= 0.3 is 0 Å². The molecule has 0 radical (unpaired) electrons. The Morgan fingerprint density at radius 3 is 2.89 bits per heavy atom. The first kappa shape index (κ1) is 13.1. The standard InChI is InChI=1S/C16H23NO2/c17-10-16(7-2-8-19-11-16)15(18)14-4-1-3-13(9-14)12-5-6-12/h1,3-4,9,12,15,18H,2,5-8,10-11,17H2. The molecule has 0 amide bonds. The van der Waals surface area contributed by atoms with Gasteiger partial charge < -0.3 is 15.6 Å². The predicted molar refractivity (Wildman–Crippen MR) is 74.9 cm³/mol. The van der Waals surface area contributed by atoms with Crippen LogP contribution in [0, 0.1) is 5.41 Å². The fourth-order valence-corrected chi connectivity index (χ4v) is 3.12. The molecule has 3 heteroatoms. The highest BCUT2D eigenvalue weighted by Gasteiger charge is 2.40. The molecule has 3 nitrogen and oxygen atoms in total. The Balaban J connectivity index is 1.84. The van der Waals surface area contributed by atoms with E-state index < -0.39 is 6.10 Å². The third kappa shape index (κ3) is 2.55. The molecule has 0 aromatic heterocycles. The van der Waals surface area contributed by atoms with Crippen LogP contribution in [-0.2, 0) is 4.74 Å². The molecule has 1 saturated heterocycles. The second-order valence-electron chi connectivity index (χ2n) is 6.07. The van der Waals surface area contributed by atoms with E-state index in [1.54, 1.807) is 0 Å². The molecule has 1 aromatic carbocycles. The molecule has 2 atom stereocenters. The maximum atomic E-state index is 10.8. The zero-order valence-corrected chi connectivity index (χ0v) is 11.3. The Kier molecular flexibility index (Phi) is 3.61. The molecule has 3 rings (SSSR count).